The van der Waals surface area contributed by atoms with Gasteiger partial charge in [0.25, 0.3) is 0 Å². The fourth-order valence-corrected chi connectivity index (χ4v) is 1.70. The molecule has 5 nitrogen and oxygen atoms in total. The molecule has 0 aromatic heterocycles. The number of hydrogen-bond donors (Lipinski definition) is 1. The molecule has 0 saturated carbocycles. The van der Waals surface area contributed by atoms with Crippen molar-refractivity contribution in [3.8, 4) is 0 Å². The maximum Gasteiger partial charge on any atom is 0.404 e. The Bertz CT molecular complexity index is 253. The van der Waals surface area contributed by atoms with E-state index in [0.29, 0.717) is 12.5 Å². The summed E-state index contributed by atoms with van der Waals surface area (Å²) in [6, 6.07) is 0. The number of amides is 1. The Labute approximate surface area is 109 Å². The van der Waals surface area contributed by atoms with Crippen LogP contribution in [-0.4, -0.2) is 25.3 Å². The minimum Gasteiger partial charge on any atom is -0.466 e. The average Bonchev–Trinajstić information content (AvgIpc) is 2.25. The molecule has 0 unspecified atom stereocenters. The summed E-state index contributed by atoms with van der Waals surface area (Å²) in [4.78, 5) is 22.1. The lowest BCUT2D eigenvalue weighted by Crippen LogP contribution is -2.23. The Morgan fingerprint density at radius 1 is 1.22 bits per heavy atom. The van der Waals surface area contributed by atoms with E-state index in [9.17, 15) is 9.59 Å². The first-order valence-corrected chi connectivity index (χ1v) is 6.53. The van der Waals surface area contributed by atoms with Gasteiger partial charge in [-0.25, -0.2) is 4.79 Å². The molecule has 0 rings (SSSR count). The van der Waals surface area contributed by atoms with Gasteiger partial charge in [-0.3, -0.25) is 4.79 Å². The first kappa shape index (κ1) is 16.7. The number of ether oxygens (including phenoxy) is 2. The molecule has 0 bridgehead atoms. The quantitative estimate of drug-likeness (QED) is 0.509. The second-order valence-corrected chi connectivity index (χ2v) is 4.90. The number of nitrogens with two attached hydrogens (primary N) is 1. The van der Waals surface area contributed by atoms with Crippen molar-refractivity contribution in [3.05, 3.63) is 0 Å². The molecule has 0 fully saturated rings. The monoisotopic (exact) mass is 259 g/mol. The normalized spacial score (nSPS) is 12.2. The van der Waals surface area contributed by atoms with Crippen LogP contribution in [0.25, 0.3) is 0 Å². The Morgan fingerprint density at radius 3 is 2.39 bits per heavy atom. The highest BCUT2D eigenvalue weighted by Gasteiger charge is 2.18. The molecule has 0 spiro atoms. The molecular formula is C13H25NO4. The summed E-state index contributed by atoms with van der Waals surface area (Å²) in [5.41, 5.74) is 4.92. The zero-order valence-electron chi connectivity index (χ0n) is 11.6. The summed E-state index contributed by atoms with van der Waals surface area (Å²) in [7, 11) is 0. The van der Waals surface area contributed by atoms with Crippen molar-refractivity contribution >= 4 is 12.1 Å². The lowest BCUT2D eigenvalue weighted by molar-refractivity contribution is -0.145. The number of hydrogen-bond acceptors (Lipinski definition) is 4. The third kappa shape index (κ3) is 9.93. The van der Waals surface area contributed by atoms with E-state index in [1.807, 2.05) is 6.92 Å². The van der Waals surface area contributed by atoms with E-state index in [2.05, 4.69) is 13.8 Å². The summed E-state index contributed by atoms with van der Waals surface area (Å²) in [5.74, 6) is 0.170. The maximum absolute atomic E-state index is 11.6. The Morgan fingerprint density at radius 2 is 1.89 bits per heavy atom. The topological polar surface area (TPSA) is 78.6 Å². The SMILES string of the molecule is CCCCOC(=O)C[C@@H](COC(N)=O)CC(C)C. The lowest BCUT2D eigenvalue weighted by Gasteiger charge is -2.17. The molecule has 0 heterocycles. The number of esters is 1. The van der Waals surface area contributed by atoms with E-state index in [0.717, 1.165) is 19.3 Å². The zero-order valence-corrected chi connectivity index (χ0v) is 11.6. The number of rotatable bonds is 9. The van der Waals surface area contributed by atoms with E-state index in [-0.39, 0.29) is 24.9 Å². The Kier molecular flexibility index (Phi) is 9.06. The van der Waals surface area contributed by atoms with Crippen molar-refractivity contribution in [3.63, 3.8) is 0 Å². The van der Waals surface area contributed by atoms with Gasteiger partial charge in [0.15, 0.2) is 0 Å². The van der Waals surface area contributed by atoms with Crippen LogP contribution >= 0.6 is 0 Å². The molecule has 5 heteroatoms. The standard InChI is InChI=1S/C13H25NO4/c1-4-5-6-17-12(15)8-11(7-10(2)3)9-18-13(14)16/h10-11H,4-9H2,1-3H3,(H2,14,16)/t11-/m0/s1. The molecule has 0 radical (unpaired) electrons. The summed E-state index contributed by atoms with van der Waals surface area (Å²) in [6.45, 7) is 6.78. The smallest absolute Gasteiger partial charge is 0.404 e. The molecule has 0 aliphatic heterocycles. The van der Waals surface area contributed by atoms with Crippen LogP contribution in [-0.2, 0) is 14.3 Å². The second-order valence-electron chi connectivity index (χ2n) is 4.90. The van der Waals surface area contributed by atoms with Crippen LogP contribution in [0.4, 0.5) is 4.79 Å². The average molecular weight is 259 g/mol. The molecule has 18 heavy (non-hydrogen) atoms. The van der Waals surface area contributed by atoms with Crippen LogP contribution < -0.4 is 5.73 Å². The molecule has 1 amide bonds. The minimum atomic E-state index is -0.803. The van der Waals surface area contributed by atoms with E-state index in [1.54, 1.807) is 0 Å². The van der Waals surface area contributed by atoms with Crippen LogP contribution in [0, 0.1) is 11.8 Å². The largest absolute Gasteiger partial charge is 0.466 e. The summed E-state index contributed by atoms with van der Waals surface area (Å²) < 4.78 is 9.85. The predicted molar refractivity (Wildman–Crippen MR) is 69.0 cm³/mol. The second kappa shape index (κ2) is 9.74. The van der Waals surface area contributed by atoms with Gasteiger partial charge in [-0.15, -0.1) is 0 Å². The number of primary amides is 1. The highest BCUT2D eigenvalue weighted by Crippen LogP contribution is 2.16. The van der Waals surface area contributed by atoms with Gasteiger partial charge in [-0.2, -0.15) is 0 Å². The lowest BCUT2D eigenvalue weighted by atomic mass is 9.95. The van der Waals surface area contributed by atoms with Crippen LogP contribution in [0.15, 0.2) is 0 Å². The first-order chi connectivity index (χ1) is 8.45. The van der Waals surface area contributed by atoms with Gasteiger partial charge in [-0.1, -0.05) is 27.2 Å². The number of unbranched alkanes of at least 4 members (excludes halogenated alkanes) is 1. The third-order valence-corrected chi connectivity index (χ3v) is 2.48. The molecule has 2 N–H and O–H groups in total. The van der Waals surface area contributed by atoms with E-state index < -0.39 is 6.09 Å². The van der Waals surface area contributed by atoms with Crippen molar-refractivity contribution in [1.29, 1.82) is 0 Å². The van der Waals surface area contributed by atoms with E-state index in [4.69, 9.17) is 15.2 Å². The van der Waals surface area contributed by atoms with Crippen molar-refractivity contribution in [2.75, 3.05) is 13.2 Å². The van der Waals surface area contributed by atoms with Gasteiger partial charge < -0.3 is 15.2 Å². The fourth-order valence-electron chi connectivity index (χ4n) is 1.70. The van der Waals surface area contributed by atoms with Crippen molar-refractivity contribution < 1.29 is 19.1 Å². The highest BCUT2D eigenvalue weighted by atomic mass is 16.5. The molecule has 1 atom stereocenters. The van der Waals surface area contributed by atoms with Crippen LogP contribution in [0.3, 0.4) is 0 Å². The molecule has 0 aliphatic rings. The van der Waals surface area contributed by atoms with Gasteiger partial charge in [0, 0.05) is 5.92 Å². The summed E-state index contributed by atoms with van der Waals surface area (Å²) in [6.07, 6.45) is 2.14. The van der Waals surface area contributed by atoms with Crippen LogP contribution in [0.2, 0.25) is 0 Å². The van der Waals surface area contributed by atoms with E-state index >= 15 is 0 Å². The minimum absolute atomic E-state index is 0.0216. The molecular weight excluding hydrogens is 234 g/mol. The number of carbonyl (C=O) groups excluding carboxylic acids is 2. The number of carbonyl (C=O) groups is 2. The highest BCUT2D eigenvalue weighted by molar-refractivity contribution is 5.69. The predicted octanol–water partition coefficient (Wildman–Crippen LogP) is 2.48. The molecule has 0 aliphatic carbocycles. The Balaban J connectivity index is 4.04. The van der Waals surface area contributed by atoms with Crippen LogP contribution in [0.5, 0.6) is 0 Å². The third-order valence-electron chi connectivity index (χ3n) is 2.48. The van der Waals surface area contributed by atoms with Crippen molar-refractivity contribution in [2.24, 2.45) is 17.6 Å². The van der Waals surface area contributed by atoms with Crippen molar-refractivity contribution in [1.82, 2.24) is 0 Å². The van der Waals surface area contributed by atoms with Gasteiger partial charge in [-0.05, 0) is 18.8 Å². The molecule has 0 aromatic rings. The first-order valence-electron chi connectivity index (χ1n) is 6.53. The van der Waals surface area contributed by atoms with Crippen LogP contribution in [0.1, 0.15) is 46.5 Å². The summed E-state index contributed by atoms with van der Waals surface area (Å²) >= 11 is 0. The van der Waals surface area contributed by atoms with Gasteiger partial charge in [0.05, 0.1) is 19.6 Å². The van der Waals surface area contributed by atoms with E-state index in [1.165, 1.54) is 0 Å². The Hall–Kier alpha value is -1.26. The van der Waals surface area contributed by atoms with Crippen molar-refractivity contribution in [2.45, 2.75) is 46.5 Å². The molecule has 106 valence electrons. The van der Waals surface area contributed by atoms with Gasteiger partial charge in [0.1, 0.15) is 0 Å². The van der Waals surface area contributed by atoms with Gasteiger partial charge >= 0.3 is 12.1 Å². The molecule has 0 saturated heterocycles. The fraction of sp³-hybridized carbons (Fsp3) is 0.846. The zero-order chi connectivity index (χ0) is 14.0. The molecule has 0 aromatic carbocycles. The van der Waals surface area contributed by atoms with Gasteiger partial charge in [0.2, 0.25) is 0 Å². The maximum atomic E-state index is 11.6. The summed E-state index contributed by atoms with van der Waals surface area (Å²) in [5, 5.41) is 0.